The van der Waals surface area contributed by atoms with Crippen LogP contribution in [-0.4, -0.2) is 22.8 Å². The molecule has 0 saturated carbocycles. The van der Waals surface area contributed by atoms with Gasteiger partial charge in [0.25, 0.3) is 5.91 Å². The number of hydrogen-bond donors (Lipinski definition) is 1. The van der Waals surface area contributed by atoms with E-state index in [-0.39, 0.29) is 18.3 Å². The molecule has 0 aliphatic carbocycles. The predicted octanol–water partition coefficient (Wildman–Crippen LogP) is 5.99. The third-order valence-corrected chi connectivity index (χ3v) is 6.33. The third-order valence-electron chi connectivity index (χ3n) is 4.55. The molecule has 154 valence electrons. The highest BCUT2D eigenvalue weighted by molar-refractivity contribution is 7.21. The van der Waals surface area contributed by atoms with Crippen LogP contribution in [0, 0.1) is 5.82 Å². The average Bonchev–Trinajstić information content (AvgIpc) is 3.30. The molecule has 2 aromatic heterocycles. The van der Waals surface area contributed by atoms with E-state index in [4.69, 9.17) is 27.9 Å². The fraction of sp³-hybridized carbons (Fsp3) is 0.143. The minimum Gasteiger partial charge on any atom is -0.380 e. The first-order valence-corrected chi connectivity index (χ1v) is 10.5. The highest BCUT2D eigenvalue weighted by Gasteiger charge is 2.21. The summed E-state index contributed by atoms with van der Waals surface area (Å²) in [6, 6.07) is 11.7. The Bertz CT molecular complexity index is 1240. The SMILES string of the molecule is COCc1c(C(=O)Nc2ccnn2Cc2ccc(Cl)cc2Cl)sc2cccc(F)c12. The van der Waals surface area contributed by atoms with E-state index in [9.17, 15) is 9.18 Å². The van der Waals surface area contributed by atoms with Gasteiger partial charge < -0.3 is 10.1 Å². The number of rotatable bonds is 6. The van der Waals surface area contributed by atoms with E-state index in [1.54, 1.807) is 41.2 Å². The first kappa shape index (κ1) is 20.8. The maximum absolute atomic E-state index is 14.4. The van der Waals surface area contributed by atoms with Gasteiger partial charge >= 0.3 is 0 Å². The van der Waals surface area contributed by atoms with Gasteiger partial charge in [-0.3, -0.25) is 4.79 Å². The van der Waals surface area contributed by atoms with E-state index < -0.39 is 0 Å². The van der Waals surface area contributed by atoms with Crippen molar-refractivity contribution < 1.29 is 13.9 Å². The molecule has 5 nitrogen and oxygen atoms in total. The van der Waals surface area contributed by atoms with Crippen LogP contribution in [-0.2, 0) is 17.9 Å². The number of nitrogens with one attached hydrogen (secondary N) is 1. The molecule has 1 N–H and O–H groups in total. The molecule has 0 aliphatic heterocycles. The van der Waals surface area contributed by atoms with Gasteiger partial charge in [-0.2, -0.15) is 5.10 Å². The number of carbonyl (C=O) groups is 1. The van der Waals surface area contributed by atoms with E-state index in [1.165, 1.54) is 24.5 Å². The molecule has 2 aromatic carbocycles. The Kier molecular flexibility index (Phi) is 6.06. The molecule has 0 unspecified atom stereocenters. The topological polar surface area (TPSA) is 56.1 Å². The second-order valence-corrected chi connectivity index (χ2v) is 8.42. The van der Waals surface area contributed by atoms with Crippen LogP contribution in [0.2, 0.25) is 10.0 Å². The number of fused-ring (bicyclic) bond motifs is 1. The van der Waals surface area contributed by atoms with Crippen LogP contribution in [0.1, 0.15) is 20.8 Å². The fourth-order valence-electron chi connectivity index (χ4n) is 3.18. The lowest BCUT2D eigenvalue weighted by atomic mass is 10.1. The average molecular weight is 464 g/mol. The van der Waals surface area contributed by atoms with Gasteiger partial charge in [-0.05, 0) is 29.8 Å². The number of ether oxygens (including phenoxy) is 1. The summed E-state index contributed by atoms with van der Waals surface area (Å²) in [5, 5.41) is 8.60. The van der Waals surface area contributed by atoms with Crippen LogP contribution in [0.25, 0.3) is 10.1 Å². The number of benzene rings is 2. The zero-order chi connectivity index (χ0) is 21.3. The first-order chi connectivity index (χ1) is 14.5. The molecule has 2 heterocycles. The largest absolute Gasteiger partial charge is 0.380 e. The van der Waals surface area contributed by atoms with Crippen molar-refractivity contribution in [1.29, 1.82) is 0 Å². The lowest BCUT2D eigenvalue weighted by molar-refractivity contribution is 0.102. The summed E-state index contributed by atoms with van der Waals surface area (Å²) in [4.78, 5) is 13.4. The van der Waals surface area contributed by atoms with Crippen LogP contribution >= 0.6 is 34.5 Å². The Hall–Kier alpha value is -2.45. The quantitative estimate of drug-likeness (QED) is 0.381. The van der Waals surface area contributed by atoms with E-state index in [1.807, 2.05) is 6.07 Å². The highest BCUT2D eigenvalue weighted by atomic mass is 35.5. The Balaban J connectivity index is 1.63. The number of aromatic nitrogens is 2. The molecule has 0 bridgehead atoms. The normalized spacial score (nSPS) is 11.2. The number of halogens is 3. The van der Waals surface area contributed by atoms with Gasteiger partial charge in [0.2, 0.25) is 0 Å². The fourth-order valence-corrected chi connectivity index (χ4v) is 4.77. The Morgan fingerprint density at radius 2 is 2.10 bits per heavy atom. The second-order valence-electron chi connectivity index (χ2n) is 6.52. The Morgan fingerprint density at radius 1 is 1.27 bits per heavy atom. The number of thiophene rings is 1. The molecule has 9 heteroatoms. The summed E-state index contributed by atoms with van der Waals surface area (Å²) >= 11 is 13.4. The van der Waals surface area contributed by atoms with Gasteiger partial charge in [0.1, 0.15) is 11.6 Å². The summed E-state index contributed by atoms with van der Waals surface area (Å²) in [5.41, 5.74) is 1.34. The molecular formula is C21H16Cl2FN3O2S. The van der Waals surface area contributed by atoms with Gasteiger partial charge in [-0.15, -0.1) is 11.3 Å². The van der Waals surface area contributed by atoms with Crippen LogP contribution in [0.4, 0.5) is 10.2 Å². The van der Waals surface area contributed by atoms with Gasteiger partial charge in [-0.1, -0.05) is 35.3 Å². The van der Waals surface area contributed by atoms with Crippen molar-refractivity contribution in [3.05, 3.63) is 80.5 Å². The lowest BCUT2D eigenvalue weighted by Crippen LogP contribution is -2.16. The van der Waals surface area contributed by atoms with Gasteiger partial charge in [-0.25, -0.2) is 9.07 Å². The zero-order valence-electron chi connectivity index (χ0n) is 15.8. The highest BCUT2D eigenvalue weighted by Crippen LogP contribution is 2.34. The van der Waals surface area contributed by atoms with E-state index >= 15 is 0 Å². The molecule has 4 aromatic rings. The molecular weight excluding hydrogens is 448 g/mol. The van der Waals surface area contributed by atoms with Gasteiger partial charge in [0.05, 0.1) is 24.2 Å². The molecule has 1 amide bonds. The minimum absolute atomic E-state index is 0.128. The Labute approximate surface area is 186 Å². The van der Waals surface area contributed by atoms with Crippen molar-refractivity contribution in [3.63, 3.8) is 0 Å². The maximum Gasteiger partial charge on any atom is 0.267 e. The summed E-state index contributed by atoms with van der Waals surface area (Å²) in [5.74, 6) is -0.240. The molecule has 0 atom stereocenters. The van der Waals surface area contributed by atoms with Crippen LogP contribution in [0.15, 0.2) is 48.7 Å². The van der Waals surface area contributed by atoms with Crippen molar-refractivity contribution >= 4 is 56.3 Å². The number of methoxy groups -OCH3 is 1. The Morgan fingerprint density at radius 3 is 2.87 bits per heavy atom. The molecule has 30 heavy (non-hydrogen) atoms. The number of anilines is 1. The number of carbonyl (C=O) groups excluding carboxylic acids is 1. The van der Waals surface area contributed by atoms with Crippen molar-refractivity contribution in [2.45, 2.75) is 13.2 Å². The second kappa shape index (κ2) is 8.73. The number of nitrogens with zero attached hydrogens (tertiary/aromatic N) is 2. The summed E-state index contributed by atoms with van der Waals surface area (Å²) in [6.45, 7) is 0.480. The van der Waals surface area contributed by atoms with Gasteiger partial charge in [0.15, 0.2) is 0 Å². The molecule has 0 fully saturated rings. The lowest BCUT2D eigenvalue weighted by Gasteiger charge is -2.11. The van der Waals surface area contributed by atoms with Crippen LogP contribution < -0.4 is 5.32 Å². The summed E-state index contributed by atoms with van der Waals surface area (Å²) in [7, 11) is 1.51. The number of amides is 1. The van der Waals surface area contributed by atoms with Crippen molar-refractivity contribution in [2.24, 2.45) is 0 Å². The van der Waals surface area contributed by atoms with Crippen molar-refractivity contribution in [3.8, 4) is 0 Å². The summed E-state index contributed by atoms with van der Waals surface area (Å²) in [6.07, 6.45) is 1.58. The predicted molar refractivity (Wildman–Crippen MR) is 118 cm³/mol. The molecule has 0 saturated heterocycles. The first-order valence-electron chi connectivity index (χ1n) is 8.94. The van der Waals surface area contributed by atoms with Crippen LogP contribution in [0.3, 0.4) is 0 Å². The molecule has 0 radical (unpaired) electrons. The molecule has 0 spiro atoms. The summed E-state index contributed by atoms with van der Waals surface area (Å²) < 4.78 is 21.9. The van der Waals surface area contributed by atoms with E-state index in [0.717, 1.165) is 5.56 Å². The van der Waals surface area contributed by atoms with E-state index in [2.05, 4.69) is 10.4 Å². The standard InChI is InChI=1S/C21H16Cl2FN3O2S/c1-29-11-14-19-16(24)3-2-4-17(19)30-20(14)21(28)26-18-7-8-25-27(18)10-12-5-6-13(22)9-15(12)23/h2-9H,10-11H2,1H3,(H,26,28). The maximum atomic E-state index is 14.4. The van der Waals surface area contributed by atoms with Crippen LogP contribution in [0.5, 0.6) is 0 Å². The van der Waals surface area contributed by atoms with Crippen molar-refractivity contribution in [1.82, 2.24) is 9.78 Å². The van der Waals surface area contributed by atoms with Gasteiger partial charge in [0, 0.05) is 38.9 Å². The van der Waals surface area contributed by atoms with Crippen molar-refractivity contribution in [2.75, 3.05) is 12.4 Å². The number of hydrogen-bond acceptors (Lipinski definition) is 4. The minimum atomic E-state index is -0.378. The molecule has 0 aliphatic rings. The third kappa shape index (κ3) is 4.06. The van der Waals surface area contributed by atoms with E-state index in [0.29, 0.717) is 42.9 Å². The smallest absolute Gasteiger partial charge is 0.267 e. The molecule has 4 rings (SSSR count). The monoisotopic (exact) mass is 463 g/mol. The zero-order valence-corrected chi connectivity index (χ0v) is 18.1.